The number of para-hydroxylation sites is 1. The van der Waals surface area contributed by atoms with Gasteiger partial charge < -0.3 is 15.1 Å². The van der Waals surface area contributed by atoms with E-state index in [1.54, 1.807) is 9.80 Å². The number of rotatable bonds is 5. The smallest absolute Gasteiger partial charge is 0.338 e. The van der Waals surface area contributed by atoms with E-state index in [1.165, 1.54) is 12.1 Å². The van der Waals surface area contributed by atoms with Crippen LogP contribution in [0.5, 0.6) is 0 Å². The molecule has 3 amide bonds. The number of alkyl halides is 3. The largest absolute Gasteiger partial charge is 0.416 e. The molecule has 2 heterocycles. The molecule has 0 spiro atoms. The van der Waals surface area contributed by atoms with Gasteiger partial charge in [-0.3, -0.25) is 14.6 Å². The molecule has 1 N–H and O–H groups in total. The number of piperazine rings is 2. The average molecular weight is 490 g/mol. The summed E-state index contributed by atoms with van der Waals surface area (Å²) in [4.78, 5) is 33.0. The molecule has 0 aromatic heterocycles. The summed E-state index contributed by atoms with van der Waals surface area (Å²) in [6, 6.07) is 14.4. The normalized spacial score (nSPS) is 17.9. The van der Waals surface area contributed by atoms with Gasteiger partial charge in [-0.25, -0.2) is 4.79 Å². The van der Waals surface area contributed by atoms with Gasteiger partial charge in [0.05, 0.1) is 12.1 Å². The van der Waals surface area contributed by atoms with Gasteiger partial charge in [-0.15, -0.1) is 0 Å². The molecule has 0 atom stereocenters. The van der Waals surface area contributed by atoms with Gasteiger partial charge in [0.15, 0.2) is 0 Å². The minimum atomic E-state index is -4.32. The van der Waals surface area contributed by atoms with Crippen molar-refractivity contribution in [3.8, 4) is 0 Å². The third-order valence-corrected chi connectivity index (χ3v) is 6.46. The zero-order chi connectivity index (χ0) is 24.8. The van der Waals surface area contributed by atoms with Crippen molar-refractivity contribution in [1.82, 2.24) is 19.6 Å². The van der Waals surface area contributed by atoms with E-state index in [1.807, 2.05) is 30.3 Å². The molecule has 0 bridgehead atoms. The van der Waals surface area contributed by atoms with Crippen molar-refractivity contribution in [2.45, 2.75) is 12.7 Å². The van der Waals surface area contributed by atoms with Crippen LogP contribution in [0.15, 0.2) is 54.6 Å². The number of carbonyl (C=O) groups excluding carboxylic acids is 2. The van der Waals surface area contributed by atoms with Crippen LogP contribution >= 0.6 is 0 Å². The predicted molar refractivity (Wildman–Crippen MR) is 127 cm³/mol. The maximum Gasteiger partial charge on any atom is 0.416 e. The zero-order valence-corrected chi connectivity index (χ0v) is 19.5. The van der Waals surface area contributed by atoms with E-state index >= 15 is 0 Å². The van der Waals surface area contributed by atoms with Gasteiger partial charge in [0.1, 0.15) is 0 Å². The molecule has 4 rings (SSSR count). The Morgan fingerprint density at radius 1 is 0.743 bits per heavy atom. The Morgan fingerprint density at radius 3 is 1.91 bits per heavy atom. The molecule has 7 nitrogen and oxygen atoms in total. The van der Waals surface area contributed by atoms with Crippen LogP contribution in [0.4, 0.5) is 23.7 Å². The highest BCUT2D eigenvalue weighted by molar-refractivity contribution is 5.89. The summed E-state index contributed by atoms with van der Waals surface area (Å²) in [6.45, 7) is 5.89. The predicted octanol–water partition coefficient (Wildman–Crippen LogP) is 3.20. The van der Waals surface area contributed by atoms with Crippen molar-refractivity contribution in [3.05, 3.63) is 65.7 Å². The summed E-state index contributed by atoms with van der Waals surface area (Å²) in [7, 11) is 0. The highest BCUT2D eigenvalue weighted by Crippen LogP contribution is 2.29. The summed E-state index contributed by atoms with van der Waals surface area (Å²) in [5.41, 5.74) is 0.951. The van der Waals surface area contributed by atoms with Crippen LogP contribution in [0.25, 0.3) is 0 Å². The van der Waals surface area contributed by atoms with Gasteiger partial charge in [0.25, 0.3) is 0 Å². The molecule has 35 heavy (non-hydrogen) atoms. The molecule has 2 fully saturated rings. The summed E-state index contributed by atoms with van der Waals surface area (Å²) < 4.78 is 38.2. The fourth-order valence-corrected chi connectivity index (χ4v) is 4.34. The van der Waals surface area contributed by atoms with Crippen molar-refractivity contribution in [2.24, 2.45) is 0 Å². The number of nitrogens with one attached hydrogen (secondary N) is 1. The van der Waals surface area contributed by atoms with Crippen LogP contribution in [0.1, 0.15) is 11.1 Å². The Bertz CT molecular complexity index is 984. The molecular weight excluding hydrogens is 459 g/mol. The van der Waals surface area contributed by atoms with E-state index in [0.29, 0.717) is 39.3 Å². The molecule has 2 aliphatic rings. The van der Waals surface area contributed by atoms with E-state index in [4.69, 9.17) is 0 Å². The second-order valence-corrected chi connectivity index (χ2v) is 8.91. The van der Waals surface area contributed by atoms with Gasteiger partial charge in [0, 0.05) is 64.6 Å². The summed E-state index contributed by atoms with van der Waals surface area (Å²) in [5, 5.41) is 2.87. The molecule has 188 valence electrons. The molecule has 2 aromatic carbocycles. The number of benzene rings is 2. The van der Waals surface area contributed by atoms with Crippen LogP contribution in [0.3, 0.4) is 0 Å². The second kappa shape index (κ2) is 11.1. The fraction of sp³-hybridized carbons (Fsp3) is 0.440. The van der Waals surface area contributed by atoms with E-state index in [9.17, 15) is 22.8 Å². The zero-order valence-electron chi connectivity index (χ0n) is 19.5. The van der Waals surface area contributed by atoms with Crippen molar-refractivity contribution >= 4 is 17.6 Å². The fourth-order valence-electron chi connectivity index (χ4n) is 4.34. The molecule has 0 radical (unpaired) electrons. The van der Waals surface area contributed by atoms with Crippen LogP contribution in [0, 0.1) is 0 Å². The Labute approximate surface area is 203 Å². The maximum absolute atomic E-state index is 12.8. The molecule has 0 unspecified atom stereocenters. The maximum atomic E-state index is 12.8. The Balaban J connectivity index is 1.16. The number of halogens is 3. The van der Waals surface area contributed by atoms with Gasteiger partial charge in [-0.2, -0.15) is 13.2 Å². The Morgan fingerprint density at radius 2 is 1.31 bits per heavy atom. The minimum Gasteiger partial charge on any atom is -0.338 e. The monoisotopic (exact) mass is 489 g/mol. The minimum absolute atomic E-state index is 0.0595. The molecular formula is C25H30F3N5O2. The number of hydrogen-bond donors (Lipinski definition) is 1. The average Bonchev–Trinajstić information content (AvgIpc) is 2.86. The highest BCUT2D eigenvalue weighted by atomic mass is 19.4. The standard InChI is InChI=1S/C25H30F3N5O2/c26-25(27,28)21-8-6-20(7-9-21)18-30-10-12-31(13-11-30)19-23(34)32-14-16-33(17-15-32)24(35)29-22-4-2-1-3-5-22/h1-9H,10-19H2,(H,29,35). The number of anilines is 1. The number of amides is 3. The molecule has 0 saturated carbocycles. The van der Waals surface area contributed by atoms with E-state index in [0.717, 1.165) is 49.6 Å². The lowest BCUT2D eigenvalue weighted by Gasteiger charge is -2.38. The SMILES string of the molecule is O=C(CN1CCN(Cc2ccc(C(F)(F)F)cc2)CC1)N1CCN(C(=O)Nc2ccccc2)CC1. The molecule has 2 aromatic rings. The number of carbonyl (C=O) groups is 2. The lowest BCUT2D eigenvalue weighted by atomic mass is 10.1. The molecule has 0 aliphatic carbocycles. The van der Waals surface area contributed by atoms with Gasteiger partial charge in [-0.1, -0.05) is 30.3 Å². The highest BCUT2D eigenvalue weighted by Gasteiger charge is 2.30. The van der Waals surface area contributed by atoms with Crippen molar-refractivity contribution in [3.63, 3.8) is 0 Å². The van der Waals surface area contributed by atoms with E-state index in [-0.39, 0.29) is 11.9 Å². The number of urea groups is 1. The third-order valence-electron chi connectivity index (χ3n) is 6.46. The topological polar surface area (TPSA) is 59.1 Å². The van der Waals surface area contributed by atoms with E-state index in [2.05, 4.69) is 15.1 Å². The number of nitrogens with zero attached hydrogens (tertiary/aromatic N) is 4. The first-order valence-electron chi connectivity index (χ1n) is 11.8. The Kier molecular flexibility index (Phi) is 7.92. The first kappa shape index (κ1) is 25.0. The third kappa shape index (κ3) is 6.95. The van der Waals surface area contributed by atoms with E-state index < -0.39 is 11.7 Å². The molecule has 10 heteroatoms. The summed E-state index contributed by atoms with van der Waals surface area (Å²) >= 11 is 0. The van der Waals surface area contributed by atoms with Crippen LogP contribution < -0.4 is 5.32 Å². The summed E-state index contributed by atoms with van der Waals surface area (Å²) in [5.74, 6) is 0.0595. The first-order chi connectivity index (χ1) is 16.8. The van der Waals surface area contributed by atoms with Crippen molar-refractivity contribution < 1.29 is 22.8 Å². The van der Waals surface area contributed by atoms with Crippen molar-refractivity contribution in [2.75, 3.05) is 64.2 Å². The number of hydrogen-bond acceptors (Lipinski definition) is 4. The molecule has 2 aliphatic heterocycles. The van der Waals surface area contributed by atoms with Crippen LogP contribution in [-0.4, -0.2) is 90.4 Å². The summed E-state index contributed by atoms with van der Waals surface area (Å²) in [6.07, 6.45) is -4.32. The Hall–Kier alpha value is -3.11. The lowest BCUT2D eigenvalue weighted by molar-refractivity contribution is -0.137. The van der Waals surface area contributed by atoms with Gasteiger partial charge in [0.2, 0.25) is 5.91 Å². The van der Waals surface area contributed by atoms with Crippen molar-refractivity contribution in [1.29, 1.82) is 0 Å². The van der Waals surface area contributed by atoms with Crippen LogP contribution in [0.2, 0.25) is 0 Å². The second-order valence-electron chi connectivity index (χ2n) is 8.91. The van der Waals surface area contributed by atoms with Crippen LogP contribution in [-0.2, 0) is 17.5 Å². The quantitative estimate of drug-likeness (QED) is 0.701. The lowest BCUT2D eigenvalue weighted by Crippen LogP contribution is -2.55. The first-order valence-corrected chi connectivity index (χ1v) is 11.8. The van der Waals surface area contributed by atoms with Gasteiger partial charge >= 0.3 is 12.2 Å². The van der Waals surface area contributed by atoms with Gasteiger partial charge in [-0.05, 0) is 29.8 Å². The molecule has 2 saturated heterocycles.